The van der Waals surface area contributed by atoms with Crippen molar-refractivity contribution < 1.29 is 12.9 Å². The topological polar surface area (TPSA) is 63.4 Å². The molecule has 0 aliphatic carbocycles. The minimum Gasteiger partial charge on any atom is -0.361 e. The maximum Gasteiger partial charge on any atom is 0.264 e. The van der Waals surface area contributed by atoms with Crippen molar-refractivity contribution in [2.75, 3.05) is 11.4 Å². The lowest BCUT2D eigenvalue weighted by Gasteiger charge is -2.19. The van der Waals surface area contributed by atoms with Crippen molar-refractivity contribution in [1.82, 2.24) is 5.16 Å². The van der Waals surface area contributed by atoms with Gasteiger partial charge >= 0.3 is 0 Å². The highest BCUT2D eigenvalue weighted by Gasteiger charge is 2.21. The second kappa shape index (κ2) is 6.37. The van der Waals surface area contributed by atoms with Crippen LogP contribution in [-0.2, 0) is 10.0 Å². The molecule has 0 aliphatic heterocycles. The molecule has 0 bridgehead atoms. The molecule has 130 valence electrons. The van der Waals surface area contributed by atoms with Gasteiger partial charge in [0.25, 0.3) is 10.0 Å². The zero-order valence-corrected chi connectivity index (χ0v) is 15.5. The van der Waals surface area contributed by atoms with Gasteiger partial charge in [0, 0.05) is 12.6 Å². The fourth-order valence-corrected chi connectivity index (χ4v) is 3.94. The molecule has 0 saturated heterocycles. The molecule has 5 nitrogen and oxygen atoms in total. The molecular weight excluding hydrogens is 336 g/mol. The first-order valence-electron chi connectivity index (χ1n) is 7.89. The zero-order valence-electron chi connectivity index (χ0n) is 14.6. The van der Waals surface area contributed by atoms with Gasteiger partial charge in [-0.05, 0) is 50.6 Å². The maximum absolute atomic E-state index is 12.8. The van der Waals surface area contributed by atoms with Gasteiger partial charge in [0.15, 0.2) is 0 Å². The molecule has 25 heavy (non-hydrogen) atoms. The van der Waals surface area contributed by atoms with E-state index in [0.717, 1.165) is 22.4 Å². The van der Waals surface area contributed by atoms with E-state index in [1.807, 2.05) is 32.9 Å². The number of benzene rings is 2. The summed E-state index contributed by atoms with van der Waals surface area (Å²) < 4.78 is 32.2. The minimum absolute atomic E-state index is 0.242. The molecule has 1 heterocycles. The van der Waals surface area contributed by atoms with Crippen LogP contribution >= 0.6 is 0 Å². The minimum atomic E-state index is -3.62. The molecule has 3 aromatic rings. The highest BCUT2D eigenvalue weighted by Crippen LogP contribution is 2.29. The molecule has 0 N–H and O–H groups in total. The monoisotopic (exact) mass is 356 g/mol. The van der Waals surface area contributed by atoms with Gasteiger partial charge in [-0.2, -0.15) is 0 Å². The smallest absolute Gasteiger partial charge is 0.264 e. The molecule has 2 aromatic carbocycles. The van der Waals surface area contributed by atoms with Gasteiger partial charge in [0.05, 0.1) is 16.3 Å². The molecule has 3 rings (SSSR count). The molecule has 0 unspecified atom stereocenters. The lowest BCUT2D eigenvalue weighted by Crippen LogP contribution is -2.26. The fourth-order valence-electron chi connectivity index (χ4n) is 2.74. The number of aromatic nitrogens is 1. The van der Waals surface area contributed by atoms with Crippen LogP contribution in [0.1, 0.15) is 17.0 Å². The van der Waals surface area contributed by atoms with Gasteiger partial charge < -0.3 is 4.52 Å². The molecule has 0 fully saturated rings. The highest BCUT2D eigenvalue weighted by molar-refractivity contribution is 7.92. The van der Waals surface area contributed by atoms with Crippen LogP contribution < -0.4 is 4.31 Å². The largest absolute Gasteiger partial charge is 0.361 e. The molecular formula is C19H20N2O3S. The maximum atomic E-state index is 12.8. The van der Waals surface area contributed by atoms with E-state index in [2.05, 4.69) is 5.16 Å². The molecule has 6 heteroatoms. The number of anilines is 1. The quantitative estimate of drug-likeness (QED) is 0.706. The van der Waals surface area contributed by atoms with Crippen LogP contribution in [0.15, 0.2) is 57.9 Å². The van der Waals surface area contributed by atoms with E-state index in [0.29, 0.717) is 11.4 Å². The third kappa shape index (κ3) is 3.17. The highest BCUT2D eigenvalue weighted by atomic mass is 32.2. The van der Waals surface area contributed by atoms with Crippen molar-refractivity contribution in [2.45, 2.75) is 25.7 Å². The second-order valence-electron chi connectivity index (χ2n) is 6.03. The van der Waals surface area contributed by atoms with Crippen molar-refractivity contribution >= 4 is 15.7 Å². The summed E-state index contributed by atoms with van der Waals surface area (Å²) in [5, 5.41) is 3.94. The Morgan fingerprint density at radius 1 is 0.920 bits per heavy atom. The van der Waals surface area contributed by atoms with E-state index in [1.54, 1.807) is 43.4 Å². The Hall–Kier alpha value is -2.60. The molecule has 0 radical (unpaired) electrons. The summed E-state index contributed by atoms with van der Waals surface area (Å²) >= 11 is 0. The molecule has 0 spiro atoms. The Balaban J connectivity index is 1.94. The van der Waals surface area contributed by atoms with E-state index < -0.39 is 10.0 Å². The molecule has 0 atom stereocenters. The van der Waals surface area contributed by atoms with Crippen molar-refractivity contribution in [3.63, 3.8) is 0 Å². The summed E-state index contributed by atoms with van der Waals surface area (Å²) in [5.74, 6) is 0.713. The van der Waals surface area contributed by atoms with E-state index >= 15 is 0 Å². The van der Waals surface area contributed by atoms with Crippen LogP contribution in [-0.4, -0.2) is 20.6 Å². The van der Waals surface area contributed by atoms with Crippen molar-refractivity contribution in [3.05, 3.63) is 65.5 Å². The lowest BCUT2D eigenvalue weighted by atomic mass is 10.0. The van der Waals surface area contributed by atoms with Crippen LogP contribution in [0.25, 0.3) is 11.1 Å². The van der Waals surface area contributed by atoms with Gasteiger partial charge in [0.2, 0.25) is 0 Å². The predicted octanol–water partition coefficient (Wildman–Crippen LogP) is 4.09. The van der Waals surface area contributed by atoms with Crippen LogP contribution in [0.3, 0.4) is 0 Å². The summed E-state index contributed by atoms with van der Waals surface area (Å²) in [5.41, 5.74) is 4.27. The van der Waals surface area contributed by atoms with Gasteiger partial charge in [-0.3, -0.25) is 4.31 Å². The van der Waals surface area contributed by atoms with E-state index in [-0.39, 0.29) is 4.90 Å². The summed E-state index contributed by atoms with van der Waals surface area (Å²) in [6.45, 7) is 5.67. The molecule has 1 aromatic heterocycles. The van der Waals surface area contributed by atoms with Crippen molar-refractivity contribution in [1.29, 1.82) is 0 Å². The first kappa shape index (κ1) is 17.2. The van der Waals surface area contributed by atoms with Crippen molar-refractivity contribution in [3.8, 4) is 11.1 Å². The van der Waals surface area contributed by atoms with Gasteiger partial charge in [-0.1, -0.05) is 35.0 Å². The second-order valence-corrected chi connectivity index (χ2v) is 8.00. The van der Waals surface area contributed by atoms with Crippen LogP contribution in [0.2, 0.25) is 0 Å². The van der Waals surface area contributed by atoms with Gasteiger partial charge in [0.1, 0.15) is 5.76 Å². The standard InChI is InChI=1S/C19H20N2O3S/c1-13-5-9-17(10-6-13)21(4)25(22,23)18-11-7-16(8-12-18)19-14(2)20-24-15(19)3/h5-12H,1-4H3. The number of sulfonamides is 1. The molecule has 0 amide bonds. The number of rotatable bonds is 4. The third-order valence-electron chi connectivity index (χ3n) is 4.23. The van der Waals surface area contributed by atoms with E-state index in [1.165, 1.54) is 4.31 Å². The Bertz CT molecular complexity index is 969. The summed E-state index contributed by atoms with van der Waals surface area (Å²) in [7, 11) is -2.06. The summed E-state index contributed by atoms with van der Waals surface area (Å²) in [6.07, 6.45) is 0. The predicted molar refractivity (Wildman–Crippen MR) is 98.2 cm³/mol. The molecule has 0 aliphatic rings. The normalized spacial score (nSPS) is 11.5. The first-order chi connectivity index (χ1) is 11.8. The Morgan fingerprint density at radius 2 is 1.52 bits per heavy atom. The Labute approximate surface area is 147 Å². The van der Waals surface area contributed by atoms with Crippen LogP contribution in [0.5, 0.6) is 0 Å². The summed E-state index contributed by atoms with van der Waals surface area (Å²) in [4.78, 5) is 0.242. The Morgan fingerprint density at radius 3 is 2.04 bits per heavy atom. The van der Waals surface area contributed by atoms with Crippen LogP contribution in [0.4, 0.5) is 5.69 Å². The number of hydrogen-bond acceptors (Lipinski definition) is 4. The zero-order chi connectivity index (χ0) is 18.2. The number of nitrogens with zero attached hydrogens (tertiary/aromatic N) is 2. The number of aryl methyl sites for hydroxylation is 3. The van der Waals surface area contributed by atoms with Gasteiger partial charge in [-0.25, -0.2) is 8.42 Å². The van der Waals surface area contributed by atoms with E-state index in [4.69, 9.17) is 4.52 Å². The fraction of sp³-hybridized carbons (Fsp3) is 0.211. The Kier molecular flexibility index (Phi) is 4.39. The third-order valence-corrected chi connectivity index (χ3v) is 6.03. The van der Waals surface area contributed by atoms with Crippen molar-refractivity contribution in [2.24, 2.45) is 0 Å². The number of hydrogen-bond donors (Lipinski definition) is 0. The van der Waals surface area contributed by atoms with Gasteiger partial charge in [-0.15, -0.1) is 0 Å². The first-order valence-corrected chi connectivity index (χ1v) is 9.33. The van der Waals surface area contributed by atoms with E-state index in [9.17, 15) is 8.42 Å². The van der Waals surface area contributed by atoms with Crippen LogP contribution in [0, 0.1) is 20.8 Å². The average molecular weight is 356 g/mol. The average Bonchev–Trinajstić information content (AvgIpc) is 2.93. The molecule has 0 saturated carbocycles. The SMILES string of the molecule is Cc1ccc(N(C)S(=O)(=O)c2ccc(-c3c(C)noc3C)cc2)cc1. The summed E-state index contributed by atoms with van der Waals surface area (Å²) in [6, 6.07) is 14.2. The lowest BCUT2D eigenvalue weighted by molar-refractivity contribution is 0.393.